The number of nitrogens with zero attached hydrogens (tertiary/aromatic N) is 2. The number of allylic oxidation sites excluding steroid dienone is 4. The number of anilines is 4. The normalized spacial score (nSPS) is 23.5. The first kappa shape index (κ1) is 39.3. The van der Waals surface area contributed by atoms with Crippen molar-refractivity contribution in [1.82, 2.24) is 0 Å². The van der Waals surface area contributed by atoms with Crippen LogP contribution in [-0.4, -0.2) is 5.54 Å². The van der Waals surface area contributed by atoms with E-state index in [4.69, 9.17) is 11.0 Å². The van der Waals surface area contributed by atoms with Crippen LogP contribution in [0.1, 0.15) is 156 Å². The van der Waals surface area contributed by atoms with E-state index in [0.717, 1.165) is 40.9 Å². The Morgan fingerprint density at radius 1 is 0.782 bits per heavy atom. The number of benzene rings is 3. The number of rotatable bonds is 6. The second-order valence-corrected chi connectivity index (χ2v) is 21.1. The third kappa shape index (κ3) is 6.42. The van der Waals surface area contributed by atoms with Crippen molar-refractivity contribution in [3.8, 4) is 0 Å². The van der Waals surface area contributed by atoms with Gasteiger partial charge in [0.2, 0.25) is 0 Å². The molecule has 0 bridgehead atoms. The lowest BCUT2D eigenvalue weighted by Gasteiger charge is -2.50. The first-order valence-corrected chi connectivity index (χ1v) is 21.0. The van der Waals surface area contributed by atoms with Crippen LogP contribution < -0.4 is 9.80 Å². The molecule has 4 aromatic rings. The van der Waals surface area contributed by atoms with E-state index < -0.39 is 0 Å². The zero-order valence-electron chi connectivity index (χ0n) is 36.7. The van der Waals surface area contributed by atoms with Gasteiger partial charge >= 0.3 is 0 Å². The minimum Gasteiger partial charge on any atom is -0.462 e. The van der Waals surface area contributed by atoms with Crippen molar-refractivity contribution in [2.24, 2.45) is 5.41 Å². The van der Waals surface area contributed by atoms with Gasteiger partial charge < -0.3 is 14.2 Å². The first-order chi connectivity index (χ1) is 25.5. The summed E-state index contributed by atoms with van der Waals surface area (Å²) in [6, 6.07) is 19.3. The molecule has 3 aliphatic rings. The van der Waals surface area contributed by atoms with E-state index in [1.165, 1.54) is 70.4 Å². The molecule has 1 aliphatic heterocycles. The summed E-state index contributed by atoms with van der Waals surface area (Å²) in [4.78, 5) is 5.07. The van der Waals surface area contributed by atoms with Gasteiger partial charge in [0.15, 0.2) is 0 Å². The molecule has 0 radical (unpaired) electrons. The molecule has 1 fully saturated rings. The molecule has 1 aromatic heterocycles. The van der Waals surface area contributed by atoms with Crippen LogP contribution in [0.3, 0.4) is 0 Å². The molecule has 1 saturated carbocycles. The number of hydrogen-bond donors (Lipinski definition) is 0. The Balaban J connectivity index is 1.44. The second kappa shape index (κ2) is 13.0. The Morgan fingerprint density at radius 2 is 1.44 bits per heavy atom. The van der Waals surface area contributed by atoms with Crippen molar-refractivity contribution in [3.05, 3.63) is 119 Å². The molecule has 2 aliphatic carbocycles. The number of furan rings is 1. The topological polar surface area (TPSA) is 19.6 Å². The van der Waals surface area contributed by atoms with E-state index in [-0.39, 0.29) is 32.6 Å². The predicted octanol–water partition coefficient (Wildman–Crippen LogP) is 15.3. The third-order valence-corrected chi connectivity index (χ3v) is 14.2. The molecule has 3 heteroatoms. The minimum atomic E-state index is -0.0514. The van der Waals surface area contributed by atoms with Crippen molar-refractivity contribution in [1.29, 1.82) is 0 Å². The summed E-state index contributed by atoms with van der Waals surface area (Å²) in [5, 5.41) is 1.14. The van der Waals surface area contributed by atoms with Gasteiger partial charge in [-0.25, -0.2) is 0 Å². The number of aryl methyl sites for hydroxylation is 1. The van der Waals surface area contributed by atoms with Crippen LogP contribution in [0.4, 0.5) is 22.7 Å². The summed E-state index contributed by atoms with van der Waals surface area (Å²) in [7, 11) is 0. The van der Waals surface area contributed by atoms with Gasteiger partial charge in [0.25, 0.3) is 0 Å². The molecule has 3 nitrogen and oxygen atoms in total. The molecule has 0 spiro atoms. The lowest BCUT2D eigenvalue weighted by molar-refractivity contribution is 0.195. The molecule has 0 amide bonds. The molecule has 2 heterocycles. The molecule has 7 rings (SSSR count). The van der Waals surface area contributed by atoms with Gasteiger partial charge in [-0.2, -0.15) is 0 Å². The van der Waals surface area contributed by atoms with Crippen LogP contribution >= 0.6 is 0 Å². The van der Waals surface area contributed by atoms with Gasteiger partial charge in [-0.3, -0.25) is 0 Å². The Hall–Kier alpha value is -3.98. The maximum absolute atomic E-state index is 6.55. The average Bonchev–Trinajstić information content (AvgIpc) is 3.58. The van der Waals surface area contributed by atoms with E-state index in [1.807, 2.05) is 6.26 Å². The average molecular weight is 737 g/mol. The highest BCUT2D eigenvalue weighted by molar-refractivity contribution is 5.96. The predicted molar refractivity (Wildman–Crippen MR) is 238 cm³/mol. The zero-order chi connectivity index (χ0) is 40.1. The van der Waals surface area contributed by atoms with E-state index in [2.05, 4.69) is 173 Å². The zero-order valence-corrected chi connectivity index (χ0v) is 36.7. The molecule has 2 atom stereocenters. The van der Waals surface area contributed by atoms with Crippen molar-refractivity contribution >= 4 is 33.7 Å². The molecule has 0 saturated heterocycles. The number of hydrogen-bond acceptors (Lipinski definition) is 3. The lowest BCUT2D eigenvalue weighted by Crippen LogP contribution is -2.54. The molecule has 55 heavy (non-hydrogen) atoms. The van der Waals surface area contributed by atoms with Crippen molar-refractivity contribution < 1.29 is 4.42 Å². The van der Waals surface area contributed by atoms with Crippen LogP contribution in [0.25, 0.3) is 11.0 Å². The number of fused-ring (bicyclic) bond motifs is 5. The van der Waals surface area contributed by atoms with Gasteiger partial charge in [0.1, 0.15) is 11.8 Å². The molecule has 3 aromatic carbocycles. The minimum absolute atomic E-state index is 0.0186. The van der Waals surface area contributed by atoms with Crippen LogP contribution in [0.5, 0.6) is 0 Å². The molecule has 0 N–H and O–H groups in total. The van der Waals surface area contributed by atoms with Crippen LogP contribution in [-0.2, 0) is 21.7 Å². The van der Waals surface area contributed by atoms with E-state index >= 15 is 0 Å². The fourth-order valence-corrected chi connectivity index (χ4v) is 10.4. The van der Waals surface area contributed by atoms with Crippen LogP contribution in [0.2, 0.25) is 0 Å². The molecular weight excluding hydrogens is 669 g/mol. The summed E-state index contributed by atoms with van der Waals surface area (Å²) in [5.74, 6) is 0. The fraction of sp³-hybridized carbons (Fsp3) is 0.500. The SMILES string of the molecule is C=C(/C=C\C(=C/C)C(C)(C)C)N(c1cc(C)cc(N2c3ccc(C(C)(C)C)cc3[C@]3(C)CCCCC23C)c1)c1coc2cc3c(cc12)C(C)(C)CCC3(C)C. The van der Waals surface area contributed by atoms with Gasteiger partial charge in [-0.05, 0) is 144 Å². The second-order valence-electron chi connectivity index (χ2n) is 21.1. The molecular formula is C52H68N2O. The maximum Gasteiger partial charge on any atom is 0.136 e. The summed E-state index contributed by atoms with van der Waals surface area (Å²) in [6.45, 7) is 37.7. The lowest BCUT2D eigenvalue weighted by atomic mass is 9.61. The van der Waals surface area contributed by atoms with E-state index in [9.17, 15) is 0 Å². The van der Waals surface area contributed by atoms with Crippen molar-refractivity contribution in [2.45, 2.75) is 163 Å². The van der Waals surface area contributed by atoms with Gasteiger partial charge in [-0.1, -0.05) is 120 Å². The van der Waals surface area contributed by atoms with E-state index in [0.29, 0.717) is 0 Å². The Morgan fingerprint density at radius 3 is 2.07 bits per heavy atom. The quantitative estimate of drug-likeness (QED) is 0.184. The Kier molecular flexibility index (Phi) is 9.31. The molecule has 1 unspecified atom stereocenters. The maximum atomic E-state index is 6.55. The highest BCUT2D eigenvalue weighted by atomic mass is 16.3. The summed E-state index contributed by atoms with van der Waals surface area (Å²) in [6.07, 6.45) is 15.8. The highest BCUT2D eigenvalue weighted by Crippen LogP contribution is 2.61. The highest BCUT2D eigenvalue weighted by Gasteiger charge is 2.58. The standard InChI is InChI=1S/C52H68N2O/c1-16-36(47(4,5)6)20-19-35(3)53(45-33-55-46-32-42-41(31-40(45)46)49(10,11)25-26-50(42,12)13)38-27-34(2)28-39(30-38)54-44-22-21-37(48(7,8)9)29-43(44)51(14)23-17-18-24-52(51,54)15/h16,19-22,27-33H,3,17-18,23-26H2,1-2,4-15H3/b20-19-,36-16+/t51-,52?/m0/s1. The fourth-order valence-electron chi connectivity index (χ4n) is 10.4. The molecule has 292 valence electrons. The van der Waals surface area contributed by atoms with Gasteiger partial charge in [-0.15, -0.1) is 0 Å². The largest absolute Gasteiger partial charge is 0.462 e. The summed E-state index contributed by atoms with van der Waals surface area (Å²) in [5.41, 5.74) is 15.1. The van der Waals surface area contributed by atoms with Crippen molar-refractivity contribution in [3.63, 3.8) is 0 Å². The van der Waals surface area contributed by atoms with Crippen molar-refractivity contribution in [2.75, 3.05) is 9.80 Å². The van der Waals surface area contributed by atoms with Gasteiger partial charge in [0, 0.05) is 33.6 Å². The van der Waals surface area contributed by atoms with Gasteiger partial charge in [0.05, 0.1) is 11.2 Å². The summed E-state index contributed by atoms with van der Waals surface area (Å²) >= 11 is 0. The Bertz CT molecular complexity index is 2230. The van der Waals surface area contributed by atoms with Crippen LogP contribution in [0.15, 0.2) is 95.3 Å². The first-order valence-electron chi connectivity index (χ1n) is 21.0. The smallest absolute Gasteiger partial charge is 0.136 e. The summed E-state index contributed by atoms with van der Waals surface area (Å²) < 4.78 is 6.55. The third-order valence-electron chi connectivity index (χ3n) is 14.2. The monoisotopic (exact) mass is 737 g/mol. The Labute approximate surface area is 333 Å². The van der Waals surface area contributed by atoms with E-state index in [1.54, 1.807) is 0 Å². The van der Waals surface area contributed by atoms with Crippen LogP contribution in [0, 0.1) is 12.3 Å².